The predicted octanol–water partition coefficient (Wildman–Crippen LogP) is 18.2. The number of rotatable bonds is 8. The van der Waals surface area contributed by atoms with Crippen LogP contribution in [0.1, 0.15) is 126 Å². The van der Waals surface area contributed by atoms with Gasteiger partial charge >= 0.3 is 0 Å². The normalized spacial score (nSPS) is 12.3. The number of aryl methyl sites for hydroxylation is 4. The number of fused-ring (bicyclic) bond motifs is 5. The Balaban J connectivity index is 1.50. The first-order chi connectivity index (χ1) is 29.3. The lowest BCUT2D eigenvalue weighted by Gasteiger charge is -2.32. The zero-order chi connectivity index (χ0) is 44.4. The van der Waals surface area contributed by atoms with Crippen molar-refractivity contribution in [3.05, 3.63) is 178 Å². The van der Waals surface area contributed by atoms with E-state index >= 15 is 0 Å². The van der Waals surface area contributed by atoms with Crippen molar-refractivity contribution >= 4 is 66.4 Å². The number of hydrogen-bond acceptors (Lipinski definition) is 2. The van der Waals surface area contributed by atoms with Crippen LogP contribution >= 0.6 is 0 Å². The van der Waals surface area contributed by atoms with Crippen LogP contribution in [0.2, 0.25) is 0 Å². The molecule has 0 atom stereocenters. The van der Waals surface area contributed by atoms with Crippen molar-refractivity contribution in [2.75, 3.05) is 9.80 Å². The van der Waals surface area contributed by atoms with Crippen molar-refractivity contribution in [1.82, 2.24) is 0 Å². The predicted molar refractivity (Wildman–Crippen MR) is 273 cm³/mol. The average molecular weight is 815 g/mol. The molecule has 8 aromatic carbocycles. The van der Waals surface area contributed by atoms with Gasteiger partial charge in [0, 0.05) is 33.5 Å². The number of hydrogen-bond donors (Lipinski definition) is 0. The lowest BCUT2D eigenvalue weighted by Crippen LogP contribution is -2.17. The van der Waals surface area contributed by atoms with E-state index in [0.29, 0.717) is 11.8 Å². The maximum absolute atomic E-state index is 2.54. The molecule has 0 aromatic heterocycles. The standard InChI is InChI=1S/C60H66N2/c1-37(2)43-23-39(5)27-47(31-43)61(48-28-40(6)24-44(32-48)38(3)4)57-35-55-52-20-16-18-22-54(52)58(36-56(55)51-19-15-17-21-53(51)57)62(49-29-41(7)25-45(33-49)59(9,10)11)50-30-42(8)26-46(34-50)60(12,13)14/h15-38H,1-14H3. The van der Waals surface area contributed by atoms with Crippen LogP contribution in [0.15, 0.2) is 133 Å². The number of anilines is 6. The minimum atomic E-state index is -0.0139. The van der Waals surface area contributed by atoms with E-state index in [1.807, 2.05) is 0 Å². The van der Waals surface area contributed by atoms with E-state index in [4.69, 9.17) is 0 Å². The summed E-state index contributed by atoms with van der Waals surface area (Å²) in [6.45, 7) is 32.1. The SMILES string of the molecule is Cc1cc(C(C)C)cc(N(c2cc(C)cc(C(C)C)c2)c2cc3c4ccccc4c(N(c4cc(C)cc(C(C)(C)C)c4)c4cc(C)cc(C(C)(C)C)c4)cc3c3ccccc23)c1. The molecule has 0 fully saturated rings. The maximum atomic E-state index is 2.54. The molecule has 316 valence electrons. The molecule has 0 amide bonds. The molecule has 8 aromatic rings. The lowest BCUT2D eigenvalue weighted by atomic mass is 9.85. The zero-order valence-corrected chi connectivity index (χ0v) is 39.8. The van der Waals surface area contributed by atoms with Crippen LogP contribution in [0.5, 0.6) is 0 Å². The molecule has 0 aliphatic heterocycles. The molecular formula is C60H66N2. The van der Waals surface area contributed by atoms with Gasteiger partial charge in [0.15, 0.2) is 0 Å². The van der Waals surface area contributed by atoms with Crippen LogP contribution in [0, 0.1) is 27.7 Å². The minimum absolute atomic E-state index is 0.0139. The highest BCUT2D eigenvalue weighted by Crippen LogP contribution is 2.49. The van der Waals surface area contributed by atoms with E-state index in [0.717, 1.165) is 0 Å². The molecule has 0 radical (unpaired) electrons. The fourth-order valence-corrected chi connectivity index (χ4v) is 9.30. The monoisotopic (exact) mass is 815 g/mol. The summed E-state index contributed by atoms with van der Waals surface area (Å²) in [4.78, 5) is 5.08. The second-order valence-corrected chi connectivity index (χ2v) is 20.8. The molecule has 0 aliphatic rings. The molecule has 0 spiro atoms. The minimum Gasteiger partial charge on any atom is -0.310 e. The van der Waals surface area contributed by atoms with Gasteiger partial charge in [0.2, 0.25) is 0 Å². The number of benzene rings is 8. The first-order valence-electron chi connectivity index (χ1n) is 22.7. The first kappa shape index (κ1) is 42.8. The topological polar surface area (TPSA) is 6.48 Å². The van der Waals surface area contributed by atoms with Crippen molar-refractivity contribution in [3.8, 4) is 0 Å². The third kappa shape index (κ3) is 8.25. The largest absolute Gasteiger partial charge is 0.310 e. The molecule has 62 heavy (non-hydrogen) atoms. The van der Waals surface area contributed by atoms with Crippen molar-refractivity contribution in [1.29, 1.82) is 0 Å². The average Bonchev–Trinajstić information content (AvgIpc) is 3.20. The Morgan fingerprint density at radius 1 is 0.339 bits per heavy atom. The molecule has 0 heterocycles. The summed E-state index contributed by atoms with van der Waals surface area (Å²) >= 11 is 0. The van der Waals surface area contributed by atoms with Crippen LogP contribution in [-0.2, 0) is 10.8 Å². The van der Waals surface area contributed by atoms with Crippen LogP contribution in [0.3, 0.4) is 0 Å². The maximum Gasteiger partial charge on any atom is 0.0546 e. The fraction of sp³-hybridized carbons (Fsp3) is 0.300. The van der Waals surface area contributed by atoms with Gasteiger partial charge in [0.1, 0.15) is 0 Å². The van der Waals surface area contributed by atoms with Gasteiger partial charge in [-0.1, -0.05) is 142 Å². The van der Waals surface area contributed by atoms with Gasteiger partial charge in [-0.25, -0.2) is 0 Å². The Bertz CT molecular complexity index is 2860. The van der Waals surface area contributed by atoms with E-state index in [-0.39, 0.29) is 10.8 Å². The van der Waals surface area contributed by atoms with Crippen molar-refractivity contribution in [2.45, 2.75) is 120 Å². The second kappa shape index (κ2) is 16.1. The smallest absolute Gasteiger partial charge is 0.0546 e. The summed E-state index contributed by atoms with van der Waals surface area (Å²) in [5.74, 6) is 0.803. The highest BCUT2D eigenvalue weighted by Gasteiger charge is 2.26. The number of nitrogens with zero attached hydrogens (tertiary/aromatic N) is 2. The third-order valence-electron chi connectivity index (χ3n) is 12.7. The lowest BCUT2D eigenvalue weighted by molar-refractivity contribution is 0.589. The summed E-state index contributed by atoms with van der Waals surface area (Å²) < 4.78 is 0. The van der Waals surface area contributed by atoms with Crippen LogP contribution < -0.4 is 9.80 Å². The molecule has 2 heteroatoms. The Hall–Kier alpha value is -5.86. The van der Waals surface area contributed by atoms with Crippen LogP contribution in [-0.4, -0.2) is 0 Å². The Kier molecular flexibility index (Phi) is 11.1. The fourth-order valence-electron chi connectivity index (χ4n) is 9.30. The molecular weight excluding hydrogens is 749 g/mol. The molecule has 0 bridgehead atoms. The van der Waals surface area contributed by atoms with Crippen molar-refractivity contribution in [3.63, 3.8) is 0 Å². The van der Waals surface area contributed by atoms with Crippen LogP contribution in [0.4, 0.5) is 34.1 Å². The molecule has 0 unspecified atom stereocenters. The van der Waals surface area contributed by atoms with Gasteiger partial charge in [-0.05, 0) is 177 Å². The summed E-state index contributed by atoms with van der Waals surface area (Å²) in [5.41, 5.74) is 17.5. The van der Waals surface area contributed by atoms with E-state index < -0.39 is 0 Å². The van der Waals surface area contributed by atoms with E-state index in [1.54, 1.807) is 0 Å². The van der Waals surface area contributed by atoms with Crippen molar-refractivity contribution < 1.29 is 0 Å². The summed E-state index contributed by atoms with van der Waals surface area (Å²) in [5, 5.41) is 7.42. The zero-order valence-electron chi connectivity index (χ0n) is 39.8. The van der Waals surface area contributed by atoms with E-state index in [2.05, 4.69) is 240 Å². The molecule has 0 N–H and O–H groups in total. The highest BCUT2D eigenvalue weighted by atomic mass is 15.2. The molecule has 0 saturated heterocycles. The van der Waals surface area contributed by atoms with Gasteiger partial charge in [-0.15, -0.1) is 0 Å². The van der Waals surface area contributed by atoms with Crippen molar-refractivity contribution in [2.24, 2.45) is 0 Å². The van der Waals surface area contributed by atoms with Gasteiger partial charge in [0.25, 0.3) is 0 Å². The van der Waals surface area contributed by atoms with E-state index in [9.17, 15) is 0 Å². The molecule has 8 rings (SSSR count). The summed E-state index contributed by atoms with van der Waals surface area (Å²) in [6, 6.07) is 51.7. The second-order valence-electron chi connectivity index (χ2n) is 20.8. The van der Waals surface area contributed by atoms with Gasteiger partial charge in [-0.2, -0.15) is 0 Å². The summed E-state index contributed by atoms with van der Waals surface area (Å²) in [6.07, 6.45) is 0. The molecule has 0 aliphatic carbocycles. The van der Waals surface area contributed by atoms with E-state index in [1.165, 1.54) is 111 Å². The van der Waals surface area contributed by atoms with Gasteiger partial charge < -0.3 is 9.80 Å². The van der Waals surface area contributed by atoms with Gasteiger partial charge in [-0.3, -0.25) is 0 Å². The molecule has 0 saturated carbocycles. The summed E-state index contributed by atoms with van der Waals surface area (Å²) in [7, 11) is 0. The Morgan fingerprint density at radius 2 is 0.645 bits per heavy atom. The van der Waals surface area contributed by atoms with Gasteiger partial charge in [0.05, 0.1) is 11.4 Å². The third-order valence-corrected chi connectivity index (χ3v) is 12.7. The molecule has 2 nitrogen and oxygen atoms in total. The highest BCUT2D eigenvalue weighted by molar-refractivity contribution is 6.24. The Labute approximate surface area is 372 Å². The Morgan fingerprint density at radius 3 is 0.968 bits per heavy atom. The quantitative estimate of drug-likeness (QED) is 0.141. The van der Waals surface area contributed by atoms with Crippen LogP contribution in [0.25, 0.3) is 32.3 Å². The first-order valence-corrected chi connectivity index (χ1v) is 22.7.